The van der Waals surface area contributed by atoms with Gasteiger partial charge in [-0.05, 0) is 19.8 Å². The van der Waals surface area contributed by atoms with Crippen LogP contribution in [0.2, 0.25) is 0 Å². The van der Waals surface area contributed by atoms with Crippen LogP contribution in [0.15, 0.2) is 12.2 Å². The summed E-state index contributed by atoms with van der Waals surface area (Å²) in [5.74, 6) is 0. The van der Waals surface area contributed by atoms with Crippen LogP contribution >= 0.6 is 0 Å². The van der Waals surface area contributed by atoms with Gasteiger partial charge in [-0.25, -0.2) is 0 Å². The fourth-order valence-electron chi connectivity index (χ4n) is 1.30. The highest BCUT2D eigenvalue weighted by Gasteiger charge is 1.92. The van der Waals surface area contributed by atoms with Crippen molar-refractivity contribution >= 4 is 0 Å². The van der Waals surface area contributed by atoms with Crippen molar-refractivity contribution in [2.24, 2.45) is 0 Å². The maximum Gasteiger partial charge on any atom is 0.0590 e. The van der Waals surface area contributed by atoms with Gasteiger partial charge in [-0.1, -0.05) is 19.4 Å². The topological polar surface area (TPSA) is 33.3 Å². The lowest BCUT2D eigenvalue weighted by atomic mass is 10.2. The van der Waals surface area contributed by atoms with Crippen LogP contribution in [0.5, 0.6) is 0 Å². The molecule has 0 radical (unpaired) electrons. The van der Waals surface area contributed by atoms with E-state index in [9.17, 15) is 0 Å². The van der Waals surface area contributed by atoms with Crippen LogP contribution in [0.3, 0.4) is 0 Å². The number of hydrogen-bond acceptors (Lipinski definition) is 3. The maximum atomic E-state index is 5.49. The van der Waals surface area contributed by atoms with E-state index in [4.69, 9.17) is 4.74 Å². The largest absolute Gasteiger partial charge is 0.380 e. The molecule has 3 heteroatoms. The predicted molar refractivity (Wildman–Crippen MR) is 70.9 cm³/mol. The lowest BCUT2D eigenvalue weighted by Crippen LogP contribution is -2.33. The van der Waals surface area contributed by atoms with Crippen molar-refractivity contribution in [2.75, 3.05) is 32.8 Å². The average Bonchev–Trinajstić information content (AvgIpc) is 2.20. The molecule has 0 aliphatic heterocycles. The van der Waals surface area contributed by atoms with Crippen molar-refractivity contribution in [1.82, 2.24) is 10.6 Å². The van der Waals surface area contributed by atoms with E-state index >= 15 is 0 Å². The zero-order valence-corrected chi connectivity index (χ0v) is 11.1. The number of rotatable bonds is 11. The minimum absolute atomic E-state index is 0.570. The van der Waals surface area contributed by atoms with Gasteiger partial charge >= 0.3 is 0 Å². The van der Waals surface area contributed by atoms with Crippen molar-refractivity contribution < 1.29 is 4.74 Å². The van der Waals surface area contributed by atoms with E-state index in [-0.39, 0.29) is 0 Å². The van der Waals surface area contributed by atoms with Gasteiger partial charge in [-0.3, -0.25) is 0 Å². The van der Waals surface area contributed by atoms with Crippen LogP contribution in [0.1, 0.15) is 33.6 Å². The Balaban J connectivity index is 2.96. The fraction of sp³-hybridized carbons (Fsp3) is 0.846. The van der Waals surface area contributed by atoms with E-state index in [1.807, 2.05) is 0 Å². The van der Waals surface area contributed by atoms with Crippen LogP contribution in [-0.2, 0) is 4.74 Å². The Bertz CT molecular complexity index is 169. The molecule has 0 fully saturated rings. The third-order valence-electron chi connectivity index (χ3n) is 2.17. The minimum Gasteiger partial charge on any atom is -0.380 e. The molecule has 0 saturated carbocycles. The van der Waals surface area contributed by atoms with Crippen molar-refractivity contribution in [3.05, 3.63) is 12.2 Å². The van der Waals surface area contributed by atoms with Crippen molar-refractivity contribution in [3.8, 4) is 0 Å². The van der Waals surface area contributed by atoms with E-state index < -0.39 is 0 Å². The Kier molecular flexibility index (Phi) is 10.9. The van der Waals surface area contributed by atoms with E-state index in [2.05, 4.69) is 38.0 Å². The number of hydrogen-bond donors (Lipinski definition) is 2. The lowest BCUT2D eigenvalue weighted by Gasteiger charge is -2.09. The normalized spacial score (nSPS) is 11.0. The van der Waals surface area contributed by atoms with Gasteiger partial charge in [0.1, 0.15) is 0 Å². The van der Waals surface area contributed by atoms with Crippen molar-refractivity contribution in [1.29, 1.82) is 0 Å². The van der Waals surface area contributed by atoms with E-state index in [0.29, 0.717) is 6.04 Å². The Morgan fingerprint density at radius 2 is 1.94 bits per heavy atom. The summed E-state index contributed by atoms with van der Waals surface area (Å²) < 4.78 is 5.49. The van der Waals surface area contributed by atoms with Gasteiger partial charge in [-0.2, -0.15) is 0 Å². The molecular formula is C13H28N2O. The minimum atomic E-state index is 0.570. The molecule has 0 atom stereocenters. The molecule has 0 bridgehead atoms. The first kappa shape index (κ1) is 15.6. The first-order valence-corrected chi connectivity index (χ1v) is 6.29. The first-order chi connectivity index (χ1) is 7.63. The van der Waals surface area contributed by atoms with Gasteiger partial charge in [0.2, 0.25) is 0 Å². The summed E-state index contributed by atoms with van der Waals surface area (Å²) in [5, 5.41) is 6.69. The standard InChI is InChI=1S/C13H28N2O/c1-12(2)6-5-10-16-11-9-14-7-8-15-13(3)4/h13-15H,1,5-11H2,2-4H3. The maximum absolute atomic E-state index is 5.49. The summed E-state index contributed by atoms with van der Waals surface area (Å²) in [6, 6.07) is 0.570. The first-order valence-electron chi connectivity index (χ1n) is 6.29. The second-order valence-corrected chi connectivity index (χ2v) is 4.53. The Morgan fingerprint density at radius 1 is 1.19 bits per heavy atom. The molecule has 0 amide bonds. The second-order valence-electron chi connectivity index (χ2n) is 4.53. The third kappa shape index (κ3) is 13.6. The molecule has 3 nitrogen and oxygen atoms in total. The molecular weight excluding hydrogens is 200 g/mol. The molecule has 0 saturated heterocycles. The van der Waals surface area contributed by atoms with Gasteiger partial charge in [0.05, 0.1) is 6.61 Å². The molecule has 0 rings (SSSR count). The van der Waals surface area contributed by atoms with E-state index in [1.54, 1.807) is 0 Å². The zero-order chi connectivity index (χ0) is 12.2. The second kappa shape index (κ2) is 11.1. The molecule has 0 aliphatic carbocycles. The SMILES string of the molecule is C=C(C)CCCOCCNCCNC(C)C. The van der Waals surface area contributed by atoms with Gasteiger partial charge in [-0.15, -0.1) is 6.58 Å². The van der Waals surface area contributed by atoms with E-state index in [0.717, 1.165) is 45.7 Å². The van der Waals surface area contributed by atoms with Crippen LogP contribution in [-0.4, -0.2) is 38.9 Å². The predicted octanol–water partition coefficient (Wildman–Crippen LogP) is 1.95. The van der Waals surface area contributed by atoms with Gasteiger partial charge in [0.15, 0.2) is 0 Å². The molecule has 0 unspecified atom stereocenters. The molecule has 0 spiro atoms. The van der Waals surface area contributed by atoms with Gasteiger partial charge < -0.3 is 15.4 Å². The Morgan fingerprint density at radius 3 is 2.56 bits per heavy atom. The van der Waals surface area contributed by atoms with Crippen LogP contribution in [0.25, 0.3) is 0 Å². The summed E-state index contributed by atoms with van der Waals surface area (Å²) in [4.78, 5) is 0. The molecule has 16 heavy (non-hydrogen) atoms. The fourth-order valence-corrected chi connectivity index (χ4v) is 1.30. The quantitative estimate of drug-likeness (QED) is 0.419. The molecule has 96 valence electrons. The molecule has 0 aromatic heterocycles. The highest BCUT2D eigenvalue weighted by atomic mass is 16.5. The summed E-state index contributed by atoms with van der Waals surface area (Å²) >= 11 is 0. The molecule has 0 aromatic carbocycles. The van der Waals surface area contributed by atoms with Gasteiger partial charge in [0, 0.05) is 32.3 Å². The lowest BCUT2D eigenvalue weighted by molar-refractivity contribution is 0.134. The number of nitrogens with one attached hydrogen (secondary N) is 2. The molecule has 0 aliphatic rings. The summed E-state index contributed by atoms with van der Waals surface area (Å²) in [6.45, 7) is 14.9. The highest BCUT2D eigenvalue weighted by Crippen LogP contribution is 1.99. The third-order valence-corrected chi connectivity index (χ3v) is 2.17. The summed E-state index contributed by atoms with van der Waals surface area (Å²) in [7, 11) is 0. The van der Waals surface area contributed by atoms with Crippen LogP contribution in [0.4, 0.5) is 0 Å². The molecule has 0 aromatic rings. The Hall–Kier alpha value is -0.380. The van der Waals surface area contributed by atoms with E-state index in [1.165, 1.54) is 5.57 Å². The highest BCUT2D eigenvalue weighted by molar-refractivity contribution is 4.86. The molecule has 0 heterocycles. The monoisotopic (exact) mass is 228 g/mol. The van der Waals surface area contributed by atoms with Crippen molar-refractivity contribution in [2.45, 2.75) is 39.7 Å². The number of allylic oxidation sites excluding steroid dienone is 1. The van der Waals surface area contributed by atoms with Crippen LogP contribution in [0, 0.1) is 0 Å². The zero-order valence-electron chi connectivity index (χ0n) is 11.1. The Labute approximate surface area is 101 Å². The molecule has 2 N–H and O–H groups in total. The summed E-state index contributed by atoms with van der Waals surface area (Å²) in [5.41, 5.74) is 1.24. The summed E-state index contributed by atoms with van der Waals surface area (Å²) in [6.07, 6.45) is 2.16. The number of ether oxygens (including phenoxy) is 1. The average molecular weight is 228 g/mol. The smallest absolute Gasteiger partial charge is 0.0590 e. The van der Waals surface area contributed by atoms with Gasteiger partial charge in [0.25, 0.3) is 0 Å². The van der Waals surface area contributed by atoms with Crippen molar-refractivity contribution in [3.63, 3.8) is 0 Å². The van der Waals surface area contributed by atoms with Crippen LogP contribution < -0.4 is 10.6 Å².